The molecule has 1 N–H and O–H groups in total. The van der Waals surface area contributed by atoms with Gasteiger partial charge in [0.2, 0.25) is 10.0 Å². The van der Waals surface area contributed by atoms with Crippen LogP contribution in [-0.2, 0) is 15.4 Å². The first-order valence-corrected chi connectivity index (χ1v) is 14.3. The Balaban J connectivity index is 2.24. The largest absolute Gasteiger partial charge is 0.489 e. The third-order valence-electron chi connectivity index (χ3n) is 5.14. The highest BCUT2D eigenvalue weighted by Crippen LogP contribution is 2.38. The number of benzene rings is 2. The van der Waals surface area contributed by atoms with E-state index in [4.69, 9.17) is 39.1 Å². The van der Waals surface area contributed by atoms with Gasteiger partial charge in [-0.1, -0.05) is 61.8 Å². The molecule has 0 saturated carbocycles. The number of ether oxygens (including phenoxy) is 2. The summed E-state index contributed by atoms with van der Waals surface area (Å²) in [5, 5.41) is 2.47. The molecule has 9 heteroatoms. The Kier molecular flexibility index (Phi) is 10.5. The number of nitrogens with one attached hydrogen (secondary N) is 1. The van der Waals surface area contributed by atoms with Crippen LogP contribution in [0.2, 0.25) is 5.02 Å². The summed E-state index contributed by atoms with van der Waals surface area (Å²) >= 11 is 13.4. The topological polar surface area (TPSA) is 64.6 Å². The predicted octanol–water partition coefficient (Wildman–Crippen LogP) is 6.30. The molecule has 0 radical (unpaired) electrons. The van der Waals surface area contributed by atoms with E-state index < -0.39 is 15.4 Å². The van der Waals surface area contributed by atoms with Crippen molar-refractivity contribution in [3.8, 4) is 23.8 Å². The lowest BCUT2D eigenvalue weighted by Crippen LogP contribution is -2.21. The van der Waals surface area contributed by atoms with Crippen LogP contribution in [0.4, 0.5) is 0 Å². The smallest absolute Gasteiger partial charge is 0.230 e. The van der Waals surface area contributed by atoms with Crippen molar-refractivity contribution in [3.63, 3.8) is 0 Å². The molecule has 5 nitrogen and oxygen atoms in total. The lowest BCUT2D eigenvalue weighted by Gasteiger charge is -2.27. The maximum absolute atomic E-state index is 11.6. The summed E-state index contributed by atoms with van der Waals surface area (Å²) in [5.41, 5.74) is 2.88. The van der Waals surface area contributed by atoms with Gasteiger partial charge in [0.05, 0.1) is 27.8 Å². The maximum Gasteiger partial charge on any atom is 0.230 e. The number of thioether (sulfide) groups is 1. The van der Waals surface area contributed by atoms with Crippen molar-refractivity contribution in [3.05, 3.63) is 80.7 Å². The number of hydrogen-bond acceptors (Lipinski definition) is 5. The third-order valence-corrected chi connectivity index (χ3v) is 7.13. The second kappa shape index (κ2) is 12.6. The molecule has 0 aliphatic carbocycles. The molecule has 0 atom stereocenters. The van der Waals surface area contributed by atoms with Crippen LogP contribution in [0.3, 0.4) is 0 Å². The average Bonchev–Trinajstić information content (AvgIpc) is 2.80. The van der Waals surface area contributed by atoms with Crippen LogP contribution in [0.1, 0.15) is 37.5 Å². The quantitative estimate of drug-likeness (QED) is 0.246. The number of rotatable bonds is 12. The molecule has 0 amide bonds. The first kappa shape index (κ1) is 29.0. The summed E-state index contributed by atoms with van der Waals surface area (Å²) in [7, 11) is -3.41. The van der Waals surface area contributed by atoms with E-state index in [-0.39, 0.29) is 6.61 Å². The molecule has 2 rings (SSSR count). The molecule has 0 saturated heterocycles. The van der Waals surface area contributed by atoms with Gasteiger partial charge in [-0.2, -0.15) is 0 Å². The minimum absolute atomic E-state index is 0.215. The van der Waals surface area contributed by atoms with E-state index in [2.05, 4.69) is 31.1 Å². The van der Waals surface area contributed by atoms with Crippen molar-refractivity contribution in [1.82, 2.24) is 4.72 Å². The van der Waals surface area contributed by atoms with E-state index in [0.717, 1.165) is 23.0 Å². The zero-order chi connectivity index (χ0) is 26.2. The lowest BCUT2D eigenvalue weighted by molar-refractivity contribution is 0.342. The van der Waals surface area contributed by atoms with Crippen LogP contribution in [0.15, 0.2) is 59.0 Å². The van der Waals surface area contributed by atoms with Crippen molar-refractivity contribution >= 4 is 45.0 Å². The molecule has 188 valence electrons. The van der Waals surface area contributed by atoms with E-state index in [1.807, 2.05) is 36.4 Å². The molecule has 0 unspecified atom stereocenters. The Bertz CT molecular complexity index is 1230. The molecule has 0 heterocycles. The summed E-state index contributed by atoms with van der Waals surface area (Å²) in [5.74, 6) is 4.09. The zero-order valence-corrected chi connectivity index (χ0v) is 23.3. The lowest BCUT2D eigenvalue weighted by atomic mass is 9.77. The summed E-state index contributed by atoms with van der Waals surface area (Å²) in [4.78, 5) is 0. The van der Waals surface area contributed by atoms with Crippen LogP contribution >= 0.6 is 35.0 Å². The minimum atomic E-state index is -3.41. The molecule has 0 aromatic heterocycles. The van der Waals surface area contributed by atoms with Crippen LogP contribution in [0, 0.1) is 12.3 Å². The Morgan fingerprint density at radius 3 is 2.43 bits per heavy atom. The number of halogens is 2. The molecule has 2 aromatic carbocycles. The van der Waals surface area contributed by atoms with Crippen LogP contribution < -0.4 is 14.2 Å². The number of sulfonamides is 1. The fourth-order valence-corrected chi connectivity index (χ4v) is 5.14. The van der Waals surface area contributed by atoms with Gasteiger partial charge in [-0.3, -0.25) is 4.72 Å². The molecule has 35 heavy (non-hydrogen) atoms. The number of alkyl halides is 1. The van der Waals surface area contributed by atoms with Crippen LogP contribution in [-0.4, -0.2) is 33.8 Å². The highest BCUT2D eigenvalue weighted by Gasteiger charge is 2.25. The van der Waals surface area contributed by atoms with Gasteiger partial charge in [0.15, 0.2) is 5.75 Å². The first-order valence-electron chi connectivity index (χ1n) is 10.6. The summed E-state index contributed by atoms with van der Waals surface area (Å²) in [6, 6.07) is 11.5. The highest BCUT2D eigenvalue weighted by atomic mass is 35.5. The van der Waals surface area contributed by atoms with E-state index in [1.54, 1.807) is 12.3 Å². The summed E-state index contributed by atoms with van der Waals surface area (Å²) < 4.78 is 37.2. The zero-order valence-electron chi connectivity index (χ0n) is 20.2. The summed E-state index contributed by atoms with van der Waals surface area (Å²) in [6.07, 6.45) is 6.81. The van der Waals surface area contributed by atoms with Gasteiger partial charge >= 0.3 is 0 Å². The van der Waals surface area contributed by atoms with Crippen molar-refractivity contribution in [2.45, 2.75) is 26.2 Å². The fraction of sp³-hybridized carbons (Fsp3) is 0.308. The molecule has 2 aromatic rings. The number of terminal acetylenes is 1. The Hall–Kier alpha value is -2.24. The molecule has 0 bridgehead atoms. The van der Waals surface area contributed by atoms with E-state index in [0.29, 0.717) is 39.6 Å². The average molecular weight is 555 g/mol. The van der Waals surface area contributed by atoms with E-state index in [9.17, 15) is 8.42 Å². The van der Waals surface area contributed by atoms with Gasteiger partial charge in [-0.05, 0) is 53.3 Å². The predicted molar refractivity (Wildman–Crippen MR) is 148 cm³/mol. The maximum atomic E-state index is 11.6. The van der Waals surface area contributed by atoms with Gasteiger partial charge in [0.1, 0.15) is 19.0 Å². The number of hydrogen-bond donors (Lipinski definition) is 1. The van der Waals surface area contributed by atoms with Crippen molar-refractivity contribution in [2.75, 3.05) is 25.3 Å². The van der Waals surface area contributed by atoms with Crippen LogP contribution in [0.25, 0.3) is 0 Å². The van der Waals surface area contributed by atoms with Gasteiger partial charge < -0.3 is 9.47 Å². The highest BCUT2D eigenvalue weighted by molar-refractivity contribution is 8.06. The van der Waals surface area contributed by atoms with Gasteiger partial charge in [0.25, 0.3) is 0 Å². The normalized spacial score (nSPS) is 12.4. The van der Waals surface area contributed by atoms with Gasteiger partial charge in [0, 0.05) is 5.41 Å². The molecular formula is C26H29Cl2NO4S2. The van der Waals surface area contributed by atoms with Gasteiger partial charge in [-0.25, -0.2) is 8.42 Å². The van der Waals surface area contributed by atoms with Gasteiger partial charge in [-0.15, -0.1) is 18.0 Å². The van der Waals surface area contributed by atoms with Crippen molar-refractivity contribution in [2.24, 2.45) is 0 Å². The molecule has 0 spiro atoms. The second-order valence-corrected chi connectivity index (χ2v) is 11.7. The van der Waals surface area contributed by atoms with E-state index in [1.165, 1.54) is 11.8 Å². The molecule has 0 aliphatic rings. The monoisotopic (exact) mass is 553 g/mol. The van der Waals surface area contributed by atoms with Crippen molar-refractivity contribution < 1.29 is 17.9 Å². The molecular weight excluding hydrogens is 525 g/mol. The first-order chi connectivity index (χ1) is 16.4. The second-order valence-electron chi connectivity index (χ2n) is 8.22. The minimum Gasteiger partial charge on any atom is -0.489 e. The third kappa shape index (κ3) is 8.15. The van der Waals surface area contributed by atoms with Crippen molar-refractivity contribution in [1.29, 1.82) is 0 Å². The standard InChI is InChI=1S/C26H29Cl2NO4S2/c1-7-19-15-21(16-23(28)24(19)32-14-13-27)26(4,5)20-9-11-22(12-10-20)33-17-18(3)25(34-8-2)29-35(6,30)31/h1,8-12,15-16,29H,2,13-14,17H2,3-6H3/b25-18+. The SMILES string of the molecule is C#Cc1cc(C(C)(C)c2ccc(OC/C(C)=C(\NS(C)(=O)=O)SC=C)cc2)cc(Cl)c1OCCCl. The summed E-state index contributed by atoms with van der Waals surface area (Å²) in [6.45, 7) is 10.1. The Labute approximate surface area is 222 Å². The Morgan fingerprint density at radius 2 is 1.89 bits per heavy atom. The molecule has 0 fully saturated rings. The fourth-order valence-electron chi connectivity index (χ4n) is 3.20. The molecule has 0 aliphatic heterocycles. The van der Waals surface area contributed by atoms with E-state index >= 15 is 0 Å². The Morgan fingerprint density at radius 1 is 1.23 bits per heavy atom. The van der Waals surface area contributed by atoms with Crippen LogP contribution in [0.5, 0.6) is 11.5 Å².